The summed E-state index contributed by atoms with van der Waals surface area (Å²) in [5, 5.41) is 7.92. The normalized spacial score (nSPS) is 6.80. The van der Waals surface area contributed by atoms with E-state index in [9.17, 15) is 0 Å². The standard InChI is InChI=1S/C3H6BO/c1-3(2)4-5/h5H,1H2,2H3. The van der Waals surface area contributed by atoms with Gasteiger partial charge in [-0.2, -0.15) is 0 Å². The summed E-state index contributed by atoms with van der Waals surface area (Å²) in [4.78, 5) is 0. The molecule has 0 aliphatic rings. The van der Waals surface area contributed by atoms with Crippen LogP contribution in [-0.4, -0.2) is 12.5 Å². The molecule has 0 fully saturated rings. The van der Waals surface area contributed by atoms with Crippen molar-refractivity contribution < 1.29 is 5.02 Å². The van der Waals surface area contributed by atoms with E-state index in [1.54, 1.807) is 6.92 Å². The van der Waals surface area contributed by atoms with Crippen molar-refractivity contribution in [3.8, 4) is 0 Å². The minimum atomic E-state index is 0.685. The summed E-state index contributed by atoms with van der Waals surface area (Å²) in [7, 11) is 0.972. The molecule has 0 aliphatic heterocycles. The third-order valence-corrected chi connectivity index (χ3v) is 0.220. The van der Waals surface area contributed by atoms with Gasteiger partial charge < -0.3 is 5.02 Å². The Labute approximate surface area is 32.6 Å². The first-order valence-electron chi connectivity index (χ1n) is 1.40. The maximum Gasteiger partial charge on any atom is 0.321 e. The van der Waals surface area contributed by atoms with E-state index in [1.807, 2.05) is 0 Å². The molecule has 0 spiro atoms. The largest absolute Gasteiger partial charge is 0.450 e. The van der Waals surface area contributed by atoms with Gasteiger partial charge in [-0.15, -0.1) is 6.58 Å². The van der Waals surface area contributed by atoms with Crippen LogP contribution in [0.3, 0.4) is 0 Å². The molecule has 27 valence electrons. The maximum atomic E-state index is 7.92. The first kappa shape index (κ1) is 4.76. The highest BCUT2D eigenvalue weighted by molar-refractivity contribution is 6.35. The van der Waals surface area contributed by atoms with Crippen molar-refractivity contribution in [2.75, 3.05) is 0 Å². The Morgan fingerprint density at radius 2 is 2.20 bits per heavy atom. The lowest BCUT2D eigenvalue weighted by atomic mass is 9.92. The fourth-order valence-electron chi connectivity index (χ4n) is 0. The second-order valence-electron chi connectivity index (χ2n) is 0.975. The van der Waals surface area contributed by atoms with Gasteiger partial charge in [0.25, 0.3) is 0 Å². The molecule has 0 atom stereocenters. The van der Waals surface area contributed by atoms with Crippen molar-refractivity contribution >= 4 is 7.48 Å². The van der Waals surface area contributed by atoms with Crippen molar-refractivity contribution in [2.45, 2.75) is 6.92 Å². The summed E-state index contributed by atoms with van der Waals surface area (Å²) in [5.74, 6) is 0. The maximum absolute atomic E-state index is 7.92. The van der Waals surface area contributed by atoms with Crippen LogP contribution in [-0.2, 0) is 0 Å². The second-order valence-corrected chi connectivity index (χ2v) is 0.975. The third kappa shape index (κ3) is 3.76. The van der Waals surface area contributed by atoms with Gasteiger partial charge in [0, 0.05) is 0 Å². The van der Waals surface area contributed by atoms with Crippen LogP contribution in [0.4, 0.5) is 0 Å². The first-order valence-corrected chi connectivity index (χ1v) is 1.40. The quantitative estimate of drug-likeness (QED) is 0.434. The van der Waals surface area contributed by atoms with Gasteiger partial charge in [0.15, 0.2) is 0 Å². The molecule has 0 aliphatic carbocycles. The number of allylic oxidation sites excluding steroid dienone is 1. The van der Waals surface area contributed by atoms with Gasteiger partial charge >= 0.3 is 7.48 Å². The summed E-state index contributed by atoms with van der Waals surface area (Å²) in [6.07, 6.45) is 0. The minimum Gasteiger partial charge on any atom is -0.450 e. The first-order chi connectivity index (χ1) is 2.27. The molecule has 0 heterocycles. The van der Waals surface area contributed by atoms with Crippen LogP contribution in [0.5, 0.6) is 0 Å². The van der Waals surface area contributed by atoms with Crippen molar-refractivity contribution in [3.63, 3.8) is 0 Å². The van der Waals surface area contributed by atoms with Gasteiger partial charge in [0.1, 0.15) is 0 Å². The predicted octanol–water partition coefficient (Wildman–Crippen LogP) is 0.131. The number of rotatable bonds is 1. The van der Waals surface area contributed by atoms with E-state index < -0.39 is 0 Å². The molecule has 2 heteroatoms. The summed E-state index contributed by atoms with van der Waals surface area (Å²) in [6.45, 7) is 5.09. The van der Waals surface area contributed by atoms with Crippen LogP contribution in [0.1, 0.15) is 6.92 Å². The van der Waals surface area contributed by atoms with Gasteiger partial charge in [-0.1, -0.05) is 12.4 Å². The number of hydrogen-bond acceptors (Lipinski definition) is 1. The van der Waals surface area contributed by atoms with Crippen molar-refractivity contribution in [3.05, 3.63) is 12.1 Å². The van der Waals surface area contributed by atoms with Crippen LogP contribution < -0.4 is 0 Å². The average molecular weight is 68.9 g/mol. The van der Waals surface area contributed by atoms with Gasteiger partial charge in [0.05, 0.1) is 0 Å². The van der Waals surface area contributed by atoms with Crippen LogP contribution >= 0.6 is 0 Å². The Hall–Kier alpha value is -0.235. The monoisotopic (exact) mass is 69.1 g/mol. The molecular weight excluding hydrogens is 62.8 g/mol. The Balaban J connectivity index is 2.85. The molecule has 5 heavy (non-hydrogen) atoms. The Morgan fingerprint density at radius 1 is 2.00 bits per heavy atom. The van der Waals surface area contributed by atoms with Gasteiger partial charge in [-0.3, -0.25) is 0 Å². The van der Waals surface area contributed by atoms with Crippen molar-refractivity contribution in [2.24, 2.45) is 0 Å². The molecule has 0 bridgehead atoms. The zero-order valence-corrected chi connectivity index (χ0v) is 3.23. The highest BCUT2D eigenvalue weighted by Crippen LogP contribution is 1.73. The Morgan fingerprint density at radius 3 is 2.20 bits per heavy atom. The van der Waals surface area contributed by atoms with Gasteiger partial charge in [-0.25, -0.2) is 0 Å². The summed E-state index contributed by atoms with van der Waals surface area (Å²) in [6, 6.07) is 0. The van der Waals surface area contributed by atoms with Crippen LogP contribution in [0.2, 0.25) is 0 Å². The zero-order valence-electron chi connectivity index (χ0n) is 3.23. The Bertz CT molecular complexity index is 42.2. The van der Waals surface area contributed by atoms with E-state index in [2.05, 4.69) is 6.58 Å². The highest BCUT2D eigenvalue weighted by atomic mass is 16.2. The predicted molar refractivity (Wildman–Crippen MR) is 22.8 cm³/mol. The molecule has 1 radical (unpaired) electrons. The highest BCUT2D eigenvalue weighted by Gasteiger charge is 1.76. The molecule has 0 aromatic heterocycles. The fourth-order valence-corrected chi connectivity index (χ4v) is 0. The minimum absolute atomic E-state index is 0.685. The fraction of sp³-hybridized carbons (Fsp3) is 0.333. The molecule has 0 saturated heterocycles. The molecule has 0 amide bonds. The van der Waals surface area contributed by atoms with E-state index in [1.165, 1.54) is 0 Å². The molecule has 0 saturated carbocycles. The lowest BCUT2D eigenvalue weighted by Crippen LogP contribution is -1.84. The van der Waals surface area contributed by atoms with Crippen molar-refractivity contribution in [1.29, 1.82) is 0 Å². The van der Waals surface area contributed by atoms with Crippen LogP contribution in [0.15, 0.2) is 12.1 Å². The SMILES string of the molecule is C=C(C)[B]O. The molecule has 1 N–H and O–H groups in total. The van der Waals surface area contributed by atoms with Crippen LogP contribution in [0, 0.1) is 0 Å². The molecule has 1 nitrogen and oxygen atoms in total. The Kier molecular flexibility index (Phi) is 1.94. The van der Waals surface area contributed by atoms with E-state index in [0.717, 1.165) is 7.48 Å². The molecule has 0 unspecified atom stereocenters. The lowest BCUT2D eigenvalue weighted by molar-refractivity contribution is 0.611. The molecule has 0 rings (SSSR count). The van der Waals surface area contributed by atoms with Gasteiger partial charge in [-0.05, 0) is 0 Å². The molecule has 0 aromatic rings. The molecule has 0 aromatic carbocycles. The smallest absolute Gasteiger partial charge is 0.321 e. The van der Waals surface area contributed by atoms with E-state index in [4.69, 9.17) is 5.02 Å². The molecular formula is C3H6BO. The van der Waals surface area contributed by atoms with Crippen molar-refractivity contribution in [1.82, 2.24) is 0 Å². The summed E-state index contributed by atoms with van der Waals surface area (Å²) in [5.41, 5.74) is 0.685. The average Bonchev–Trinajstić information content (AvgIpc) is 1.38. The number of hydrogen-bond donors (Lipinski definition) is 1. The third-order valence-electron chi connectivity index (χ3n) is 0.220. The second kappa shape index (κ2) is 2.03. The summed E-state index contributed by atoms with van der Waals surface area (Å²) < 4.78 is 0. The zero-order chi connectivity index (χ0) is 4.28. The van der Waals surface area contributed by atoms with E-state index in [0.29, 0.717) is 5.47 Å². The summed E-state index contributed by atoms with van der Waals surface area (Å²) >= 11 is 0. The van der Waals surface area contributed by atoms with E-state index in [-0.39, 0.29) is 0 Å². The topological polar surface area (TPSA) is 20.2 Å². The van der Waals surface area contributed by atoms with Gasteiger partial charge in [0.2, 0.25) is 0 Å². The van der Waals surface area contributed by atoms with Crippen LogP contribution in [0.25, 0.3) is 0 Å². The van der Waals surface area contributed by atoms with E-state index >= 15 is 0 Å². The lowest BCUT2D eigenvalue weighted by Gasteiger charge is -1.75.